The fourth-order valence-electron chi connectivity index (χ4n) is 1.61. The van der Waals surface area contributed by atoms with Crippen molar-refractivity contribution >= 4 is 27.1 Å². The summed E-state index contributed by atoms with van der Waals surface area (Å²) >= 11 is 5.95. The molecule has 3 nitrogen and oxygen atoms in total. The van der Waals surface area contributed by atoms with Crippen molar-refractivity contribution in [1.29, 1.82) is 0 Å². The first-order chi connectivity index (χ1) is 9.20. The summed E-state index contributed by atoms with van der Waals surface area (Å²) < 4.78 is 60.6. The average molecular weight is 330 g/mol. The molecule has 0 radical (unpaired) electrons. The summed E-state index contributed by atoms with van der Waals surface area (Å²) in [5, 5.41) is 2.39. The maximum atomic E-state index is 12.6. The van der Waals surface area contributed by atoms with Gasteiger partial charge in [-0.25, -0.2) is 8.42 Å². The summed E-state index contributed by atoms with van der Waals surface area (Å²) in [5.41, 5.74) is -5.42. The lowest BCUT2D eigenvalue weighted by Gasteiger charge is -2.15. The molecule has 0 spiro atoms. The Bertz CT molecular complexity index is 546. The van der Waals surface area contributed by atoms with Crippen LogP contribution in [0.5, 0.6) is 0 Å². The number of hydrogen-bond acceptors (Lipinski definition) is 3. The van der Waals surface area contributed by atoms with Gasteiger partial charge in [0.05, 0.1) is 16.0 Å². The highest BCUT2D eigenvalue weighted by molar-refractivity contribution is 7.92. The number of halogens is 4. The van der Waals surface area contributed by atoms with Gasteiger partial charge in [-0.2, -0.15) is 13.2 Å². The first-order valence-corrected chi connectivity index (χ1v) is 7.90. The average Bonchev–Trinajstić information content (AvgIpc) is 2.35. The quantitative estimate of drug-likeness (QED) is 0.807. The topological polar surface area (TPSA) is 46.2 Å². The summed E-state index contributed by atoms with van der Waals surface area (Å²) in [7, 11) is -5.37. The van der Waals surface area contributed by atoms with Crippen LogP contribution in [0, 0.1) is 0 Å². The van der Waals surface area contributed by atoms with E-state index in [1.807, 2.05) is 6.92 Å². The predicted octanol–water partition coefficient (Wildman–Crippen LogP) is 3.80. The molecular formula is C12H15ClF3NO2S. The maximum absolute atomic E-state index is 12.6. The third-order valence-corrected chi connectivity index (χ3v) is 4.51. The Labute approximate surface area is 121 Å². The predicted molar refractivity (Wildman–Crippen MR) is 72.7 cm³/mol. The van der Waals surface area contributed by atoms with E-state index in [1.165, 1.54) is 18.2 Å². The van der Waals surface area contributed by atoms with Gasteiger partial charge in [0.2, 0.25) is 0 Å². The van der Waals surface area contributed by atoms with Gasteiger partial charge in [0.15, 0.2) is 0 Å². The molecular weight excluding hydrogens is 315 g/mol. The van der Waals surface area contributed by atoms with Gasteiger partial charge < -0.3 is 5.32 Å². The van der Waals surface area contributed by atoms with E-state index in [0.717, 1.165) is 12.5 Å². The fourth-order valence-corrected chi connectivity index (χ4v) is 2.84. The third kappa shape index (κ3) is 4.02. The van der Waals surface area contributed by atoms with Crippen molar-refractivity contribution in [3.8, 4) is 0 Å². The van der Waals surface area contributed by atoms with E-state index in [4.69, 9.17) is 11.6 Å². The fraction of sp³-hybridized carbons (Fsp3) is 0.500. The zero-order chi connectivity index (χ0) is 15.4. The lowest BCUT2D eigenvalue weighted by molar-refractivity contribution is -0.0435. The highest BCUT2D eigenvalue weighted by Gasteiger charge is 2.47. The first-order valence-electron chi connectivity index (χ1n) is 5.98. The minimum Gasteiger partial charge on any atom is -0.383 e. The summed E-state index contributed by atoms with van der Waals surface area (Å²) in [4.78, 5) is -0.784. The largest absolute Gasteiger partial charge is 0.501 e. The number of benzene rings is 1. The van der Waals surface area contributed by atoms with Gasteiger partial charge in [-0.1, -0.05) is 25.5 Å². The van der Waals surface area contributed by atoms with Gasteiger partial charge in [0, 0.05) is 6.54 Å². The van der Waals surface area contributed by atoms with Crippen molar-refractivity contribution in [2.24, 2.45) is 0 Å². The molecule has 0 aliphatic heterocycles. The Hall–Kier alpha value is -0.950. The number of alkyl halides is 4. The minimum absolute atomic E-state index is 0.0911. The lowest BCUT2D eigenvalue weighted by Crippen LogP contribution is -2.25. The van der Waals surface area contributed by atoms with Crippen LogP contribution >= 0.6 is 11.6 Å². The first kappa shape index (κ1) is 17.1. The van der Waals surface area contributed by atoms with E-state index >= 15 is 0 Å². The number of para-hydroxylation sites is 1. The zero-order valence-electron chi connectivity index (χ0n) is 10.7. The summed E-state index contributed by atoms with van der Waals surface area (Å²) in [6.45, 7) is 2.12. The van der Waals surface area contributed by atoms with Gasteiger partial charge in [-0.15, -0.1) is 11.6 Å². The number of hydrogen-bond donors (Lipinski definition) is 1. The highest BCUT2D eigenvalue weighted by atomic mass is 35.5. The van der Waals surface area contributed by atoms with Crippen molar-refractivity contribution < 1.29 is 21.6 Å². The standard InChI is InChI=1S/C12H15ClF3NO2S/c1-2-5-9(13)8-17-10-6-3-4-7-11(10)20(18,19)12(14,15)16/h3-4,6-7,9,17H,2,5,8H2,1H3. The van der Waals surface area contributed by atoms with Crippen molar-refractivity contribution in [2.45, 2.75) is 35.5 Å². The molecule has 0 saturated heterocycles. The second-order valence-electron chi connectivity index (χ2n) is 4.21. The van der Waals surface area contributed by atoms with Crippen LogP contribution in [0.2, 0.25) is 0 Å². The summed E-state index contributed by atoms with van der Waals surface area (Å²) in [6.07, 6.45) is 1.51. The molecule has 1 unspecified atom stereocenters. The van der Waals surface area contributed by atoms with Crippen LogP contribution in [0.1, 0.15) is 19.8 Å². The van der Waals surface area contributed by atoms with E-state index < -0.39 is 20.2 Å². The highest BCUT2D eigenvalue weighted by Crippen LogP contribution is 2.34. The molecule has 0 fully saturated rings. The smallest absolute Gasteiger partial charge is 0.383 e. The van der Waals surface area contributed by atoms with Crippen molar-refractivity contribution in [3.63, 3.8) is 0 Å². The number of nitrogens with one attached hydrogen (secondary N) is 1. The molecule has 0 saturated carbocycles. The van der Waals surface area contributed by atoms with E-state index in [-0.39, 0.29) is 17.6 Å². The Morgan fingerprint density at radius 2 is 1.90 bits per heavy atom. The number of anilines is 1. The maximum Gasteiger partial charge on any atom is 0.501 e. The molecule has 1 aromatic carbocycles. The molecule has 1 atom stereocenters. The molecule has 0 amide bonds. The number of sulfone groups is 1. The Morgan fingerprint density at radius 1 is 1.30 bits per heavy atom. The second kappa shape index (κ2) is 6.67. The van der Waals surface area contributed by atoms with Crippen molar-refractivity contribution in [2.75, 3.05) is 11.9 Å². The molecule has 0 heterocycles. The molecule has 8 heteroatoms. The Kier molecular flexibility index (Phi) is 5.70. The zero-order valence-corrected chi connectivity index (χ0v) is 12.3. The monoisotopic (exact) mass is 329 g/mol. The molecule has 0 aliphatic carbocycles. The van der Waals surface area contributed by atoms with Gasteiger partial charge >= 0.3 is 5.51 Å². The van der Waals surface area contributed by atoms with Crippen LogP contribution in [-0.4, -0.2) is 25.8 Å². The van der Waals surface area contributed by atoms with Gasteiger partial charge in [0.25, 0.3) is 9.84 Å². The van der Waals surface area contributed by atoms with Crippen molar-refractivity contribution in [3.05, 3.63) is 24.3 Å². The summed E-state index contributed by atoms with van der Waals surface area (Å²) in [6, 6.07) is 4.91. The molecule has 1 rings (SSSR count). The van der Waals surface area contributed by atoms with Crippen LogP contribution in [0.25, 0.3) is 0 Å². The van der Waals surface area contributed by atoms with Crippen LogP contribution < -0.4 is 5.32 Å². The Morgan fingerprint density at radius 3 is 2.45 bits per heavy atom. The van der Waals surface area contributed by atoms with Crippen LogP contribution in [0.3, 0.4) is 0 Å². The normalized spacial score (nSPS) is 14.1. The molecule has 0 bridgehead atoms. The second-order valence-corrected chi connectivity index (χ2v) is 6.74. The third-order valence-electron chi connectivity index (χ3n) is 2.60. The Balaban J connectivity index is 3.01. The molecule has 1 N–H and O–H groups in total. The van der Waals surface area contributed by atoms with E-state index in [0.29, 0.717) is 6.42 Å². The SMILES string of the molecule is CCCC(Cl)CNc1ccccc1S(=O)(=O)C(F)(F)F. The van der Waals surface area contributed by atoms with Crippen LogP contribution in [0.15, 0.2) is 29.2 Å². The molecule has 114 valence electrons. The van der Waals surface area contributed by atoms with Gasteiger partial charge in [0.1, 0.15) is 0 Å². The van der Waals surface area contributed by atoms with Crippen molar-refractivity contribution in [1.82, 2.24) is 0 Å². The van der Waals surface area contributed by atoms with E-state index in [1.54, 1.807) is 0 Å². The van der Waals surface area contributed by atoms with Gasteiger partial charge in [-0.3, -0.25) is 0 Å². The molecule has 1 aromatic rings. The van der Waals surface area contributed by atoms with Gasteiger partial charge in [-0.05, 0) is 18.6 Å². The van der Waals surface area contributed by atoms with E-state index in [9.17, 15) is 21.6 Å². The molecule has 0 aromatic heterocycles. The van der Waals surface area contributed by atoms with Crippen LogP contribution in [0.4, 0.5) is 18.9 Å². The number of rotatable bonds is 6. The molecule has 0 aliphatic rings. The van der Waals surface area contributed by atoms with Crippen LogP contribution in [-0.2, 0) is 9.84 Å². The minimum atomic E-state index is -5.37. The van der Waals surface area contributed by atoms with E-state index in [2.05, 4.69) is 5.32 Å². The lowest BCUT2D eigenvalue weighted by atomic mass is 10.2. The molecule has 20 heavy (non-hydrogen) atoms. The summed E-state index contributed by atoms with van der Waals surface area (Å²) in [5.74, 6) is 0.